The standard InChI is InChI=1S/C15H22N2O4/c1-19-10-5-6-13(20-2)12(8-10)14(15(16)18)17-9-11-4-3-7-21-11/h5-6,8,11,14,17H,3-4,7,9H2,1-2H3,(H2,16,18). The Morgan fingerprint density at radius 1 is 1.48 bits per heavy atom. The molecule has 3 N–H and O–H groups in total. The molecule has 21 heavy (non-hydrogen) atoms. The van der Waals surface area contributed by atoms with Crippen LogP contribution in [0.4, 0.5) is 0 Å². The van der Waals surface area contributed by atoms with Crippen molar-refractivity contribution in [2.45, 2.75) is 25.0 Å². The predicted molar refractivity (Wildman–Crippen MR) is 78.5 cm³/mol. The second-order valence-corrected chi connectivity index (χ2v) is 4.99. The van der Waals surface area contributed by atoms with Crippen molar-refractivity contribution < 1.29 is 19.0 Å². The van der Waals surface area contributed by atoms with Crippen molar-refractivity contribution in [3.8, 4) is 11.5 Å². The van der Waals surface area contributed by atoms with Gasteiger partial charge in [-0.1, -0.05) is 0 Å². The van der Waals surface area contributed by atoms with Crippen LogP contribution < -0.4 is 20.5 Å². The summed E-state index contributed by atoms with van der Waals surface area (Å²) >= 11 is 0. The van der Waals surface area contributed by atoms with Crippen LogP contribution in [0, 0.1) is 0 Å². The SMILES string of the molecule is COc1ccc(OC)c(C(NCC2CCCO2)C(N)=O)c1. The van der Waals surface area contributed by atoms with Crippen molar-refractivity contribution in [2.24, 2.45) is 5.73 Å². The van der Waals surface area contributed by atoms with Gasteiger partial charge in [0.1, 0.15) is 17.5 Å². The first-order valence-corrected chi connectivity index (χ1v) is 7.02. The van der Waals surface area contributed by atoms with Crippen molar-refractivity contribution in [3.05, 3.63) is 23.8 Å². The summed E-state index contributed by atoms with van der Waals surface area (Å²) in [6.45, 7) is 1.35. The monoisotopic (exact) mass is 294 g/mol. The summed E-state index contributed by atoms with van der Waals surface area (Å²) in [5, 5.41) is 3.17. The quantitative estimate of drug-likeness (QED) is 0.784. The van der Waals surface area contributed by atoms with Gasteiger partial charge in [-0.15, -0.1) is 0 Å². The van der Waals surface area contributed by atoms with E-state index in [9.17, 15) is 4.79 Å². The number of hydrogen-bond acceptors (Lipinski definition) is 5. The van der Waals surface area contributed by atoms with Crippen molar-refractivity contribution in [3.63, 3.8) is 0 Å². The summed E-state index contributed by atoms with van der Waals surface area (Å²) in [5.74, 6) is 0.787. The molecule has 1 aliphatic rings. The van der Waals surface area contributed by atoms with E-state index in [1.54, 1.807) is 32.4 Å². The lowest BCUT2D eigenvalue weighted by Gasteiger charge is -2.21. The molecule has 1 aromatic carbocycles. The highest BCUT2D eigenvalue weighted by Gasteiger charge is 2.24. The zero-order valence-electron chi connectivity index (χ0n) is 12.4. The topological polar surface area (TPSA) is 82.8 Å². The predicted octanol–water partition coefficient (Wildman–Crippen LogP) is 0.999. The molecule has 2 atom stereocenters. The van der Waals surface area contributed by atoms with Gasteiger partial charge >= 0.3 is 0 Å². The Labute approximate surface area is 124 Å². The number of nitrogens with two attached hydrogens (primary N) is 1. The fourth-order valence-corrected chi connectivity index (χ4v) is 2.48. The van der Waals surface area contributed by atoms with E-state index in [0.717, 1.165) is 19.4 Å². The van der Waals surface area contributed by atoms with E-state index in [1.165, 1.54) is 0 Å². The second-order valence-electron chi connectivity index (χ2n) is 4.99. The minimum Gasteiger partial charge on any atom is -0.497 e. The number of carbonyl (C=O) groups is 1. The van der Waals surface area contributed by atoms with Gasteiger partial charge in [0, 0.05) is 18.7 Å². The maximum absolute atomic E-state index is 11.8. The van der Waals surface area contributed by atoms with Crippen LogP contribution in [0.1, 0.15) is 24.4 Å². The third kappa shape index (κ3) is 3.86. The van der Waals surface area contributed by atoms with E-state index >= 15 is 0 Å². The largest absolute Gasteiger partial charge is 0.497 e. The van der Waals surface area contributed by atoms with Gasteiger partial charge in [-0.3, -0.25) is 10.1 Å². The molecular weight excluding hydrogens is 272 g/mol. The molecule has 1 fully saturated rings. The third-order valence-corrected chi connectivity index (χ3v) is 3.61. The van der Waals surface area contributed by atoms with Crippen molar-refractivity contribution in [1.29, 1.82) is 0 Å². The molecule has 0 spiro atoms. The molecule has 0 saturated carbocycles. The molecular formula is C15H22N2O4. The Bertz CT molecular complexity index is 487. The summed E-state index contributed by atoms with van der Waals surface area (Å²) in [5.41, 5.74) is 6.20. The van der Waals surface area contributed by atoms with Crippen LogP contribution >= 0.6 is 0 Å². The van der Waals surface area contributed by atoms with Gasteiger partial charge in [0.2, 0.25) is 5.91 Å². The van der Waals surface area contributed by atoms with Crippen molar-refractivity contribution in [2.75, 3.05) is 27.4 Å². The molecule has 1 aliphatic heterocycles. The molecule has 0 bridgehead atoms. The van der Waals surface area contributed by atoms with E-state index < -0.39 is 11.9 Å². The highest BCUT2D eigenvalue weighted by atomic mass is 16.5. The van der Waals surface area contributed by atoms with Gasteiger partial charge in [-0.25, -0.2) is 0 Å². The summed E-state index contributed by atoms with van der Waals surface area (Å²) in [6, 6.07) is 4.66. The first kappa shape index (κ1) is 15.6. The van der Waals surface area contributed by atoms with Gasteiger partial charge in [-0.05, 0) is 31.0 Å². The fourth-order valence-electron chi connectivity index (χ4n) is 2.48. The lowest BCUT2D eigenvalue weighted by atomic mass is 10.0. The Hall–Kier alpha value is -1.79. The smallest absolute Gasteiger partial charge is 0.239 e. The van der Waals surface area contributed by atoms with E-state index in [0.29, 0.717) is 23.6 Å². The lowest BCUT2D eigenvalue weighted by Crippen LogP contribution is -2.38. The molecule has 2 unspecified atom stereocenters. The number of ether oxygens (including phenoxy) is 3. The molecule has 0 aromatic heterocycles. The molecule has 6 heteroatoms. The van der Waals surface area contributed by atoms with Crippen LogP contribution in [0.3, 0.4) is 0 Å². The van der Waals surface area contributed by atoms with E-state index in [2.05, 4.69) is 5.32 Å². The lowest BCUT2D eigenvalue weighted by molar-refractivity contribution is -0.120. The third-order valence-electron chi connectivity index (χ3n) is 3.61. The maximum Gasteiger partial charge on any atom is 0.239 e. The summed E-state index contributed by atoms with van der Waals surface area (Å²) in [6.07, 6.45) is 2.17. The second kappa shape index (κ2) is 7.28. The van der Waals surface area contributed by atoms with Crippen LogP contribution in [0.5, 0.6) is 11.5 Å². The number of rotatable bonds is 7. The van der Waals surface area contributed by atoms with Crippen LogP contribution in [-0.4, -0.2) is 39.4 Å². The van der Waals surface area contributed by atoms with Gasteiger partial charge in [-0.2, -0.15) is 0 Å². The summed E-state index contributed by atoms with van der Waals surface area (Å²) < 4.78 is 16.1. The zero-order chi connectivity index (χ0) is 15.2. The maximum atomic E-state index is 11.8. The Kier molecular flexibility index (Phi) is 5.41. The van der Waals surface area contributed by atoms with Crippen molar-refractivity contribution in [1.82, 2.24) is 5.32 Å². The molecule has 1 aromatic rings. The minimum atomic E-state index is -0.640. The highest BCUT2D eigenvalue weighted by molar-refractivity contribution is 5.82. The minimum absolute atomic E-state index is 0.128. The number of carbonyl (C=O) groups excluding carboxylic acids is 1. The molecule has 1 heterocycles. The summed E-state index contributed by atoms with van der Waals surface area (Å²) in [4.78, 5) is 11.8. The fraction of sp³-hybridized carbons (Fsp3) is 0.533. The number of nitrogens with one attached hydrogen (secondary N) is 1. The number of methoxy groups -OCH3 is 2. The number of amides is 1. The van der Waals surface area contributed by atoms with E-state index in [4.69, 9.17) is 19.9 Å². The van der Waals surface area contributed by atoms with Crippen LogP contribution in [0.15, 0.2) is 18.2 Å². The Morgan fingerprint density at radius 3 is 2.86 bits per heavy atom. The number of hydrogen-bond donors (Lipinski definition) is 2. The van der Waals surface area contributed by atoms with Crippen molar-refractivity contribution >= 4 is 5.91 Å². The Morgan fingerprint density at radius 2 is 2.29 bits per heavy atom. The molecule has 1 amide bonds. The van der Waals surface area contributed by atoms with E-state index in [1.807, 2.05) is 0 Å². The van der Waals surface area contributed by atoms with Gasteiger partial charge < -0.3 is 19.9 Å². The molecule has 6 nitrogen and oxygen atoms in total. The van der Waals surface area contributed by atoms with Gasteiger partial charge in [0.15, 0.2) is 0 Å². The molecule has 116 valence electrons. The first-order valence-electron chi connectivity index (χ1n) is 7.02. The van der Waals surface area contributed by atoms with Gasteiger partial charge in [0.25, 0.3) is 0 Å². The Balaban J connectivity index is 2.17. The van der Waals surface area contributed by atoms with Gasteiger partial charge in [0.05, 0.1) is 20.3 Å². The average molecular weight is 294 g/mol. The number of benzene rings is 1. The van der Waals surface area contributed by atoms with Crippen LogP contribution in [-0.2, 0) is 9.53 Å². The van der Waals surface area contributed by atoms with Crippen LogP contribution in [0.25, 0.3) is 0 Å². The van der Waals surface area contributed by atoms with Crippen LogP contribution in [0.2, 0.25) is 0 Å². The molecule has 2 rings (SSSR count). The normalized spacial score (nSPS) is 19.2. The number of primary amides is 1. The molecule has 0 radical (unpaired) electrons. The summed E-state index contributed by atoms with van der Waals surface area (Å²) in [7, 11) is 3.13. The molecule has 1 saturated heterocycles. The average Bonchev–Trinajstić information content (AvgIpc) is 3.00. The highest BCUT2D eigenvalue weighted by Crippen LogP contribution is 2.29. The first-order chi connectivity index (χ1) is 10.2. The molecule has 0 aliphatic carbocycles. The zero-order valence-corrected chi connectivity index (χ0v) is 12.4. The van der Waals surface area contributed by atoms with E-state index in [-0.39, 0.29) is 6.10 Å².